The molecule has 1 unspecified atom stereocenters. The van der Waals surface area contributed by atoms with Crippen LogP contribution in [0.4, 0.5) is 5.82 Å². The standard InChI is InChI=1S/C23H27ClN4O2/c24-18-8-9-21(25-14-18)27-23(30)17-10-12-28(13-11-17)15-22(29)26-20-7-3-5-16-4-1-2-6-19(16)20/h1-2,4,6,8-9,14,17,20H,3,5,7,10-13,15H2,(H,26,29)(H,25,27,30). The van der Waals surface area contributed by atoms with Crippen molar-refractivity contribution in [2.45, 2.75) is 38.1 Å². The first kappa shape index (κ1) is 20.8. The maximum Gasteiger partial charge on any atom is 0.234 e. The van der Waals surface area contributed by atoms with Gasteiger partial charge in [-0.3, -0.25) is 14.5 Å². The highest BCUT2D eigenvalue weighted by atomic mass is 35.5. The molecule has 1 aromatic carbocycles. The number of likely N-dealkylation sites (tertiary alicyclic amines) is 1. The molecule has 6 nitrogen and oxygen atoms in total. The van der Waals surface area contributed by atoms with Gasteiger partial charge in [-0.1, -0.05) is 35.9 Å². The molecule has 1 saturated heterocycles. The van der Waals surface area contributed by atoms with Gasteiger partial charge in [0, 0.05) is 12.1 Å². The number of benzene rings is 1. The molecule has 2 N–H and O–H groups in total. The number of piperidine rings is 1. The molecule has 0 spiro atoms. The van der Waals surface area contributed by atoms with Crippen LogP contribution in [-0.4, -0.2) is 41.3 Å². The maximum atomic E-state index is 12.6. The smallest absolute Gasteiger partial charge is 0.234 e. The molecule has 2 aromatic rings. The lowest BCUT2D eigenvalue weighted by atomic mass is 9.88. The third kappa shape index (κ3) is 5.18. The van der Waals surface area contributed by atoms with E-state index in [0.29, 0.717) is 17.4 Å². The SMILES string of the molecule is O=C(CN1CCC(C(=O)Nc2ccc(Cl)cn2)CC1)NC1CCCc2ccccc21. The Kier molecular flexibility index (Phi) is 6.65. The lowest BCUT2D eigenvalue weighted by Gasteiger charge is -2.32. The van der Waals surface area contributed by atoms with Crippen molar-refractivity contribution in [3.63, 3.8) is 0 Å². The molecular weight excluding hydrogens is 400 g/mol. The van der Waals surface area contributed by atoms with Gasteiger partial charge in [-0.25, -0.2) is 4.98 Å². The van der Waals surface area contributed by atoms with Crippen LogP contribution in [0.1, 0.15) is 42.9 Å². The molecule has 1 aliphatic heterocycles. The number of hydrogen-bond donors (Lipinski definition) is 2. The van der Waals surface area contributed by atoms with Crippen LogP contribution < -0.4 is 10.6 Å². The van der Waals surface area contributed by atoms with Gasteiger partial charge in [-0.05, 0) is 68.5 Å². The van der Waals surface area contributed by atoms with E-state index in [1.165, 1.54) is 17.3 Å². The van der Waals surface area contributed by atoms with E-state index in [4.69, 9.17) is 11.6 Å². The number of aryl methyl sites for hydroxylation is 1. The van der Waals surface area contributed by atoms with Crippen molar-refractivity contribution in [3.8, 4) is 0 Å². The number of halogens is 1. The Bertz CT molecular complexity index is 894. The molecule has 1 atom stereocenters. The summed E-state index contributed by atoms with van der Waals surface area (Å²) in [4.78, 5) is 31.3. The number of carbonyl (C=O) groups excluding carboxylic acids is 2. The molecule has 30 heavy (non-hydrogen) atoms. The van der Waals surface area contributed by atoms with Crippen molar-refractivity contribution < 1.29 is 9.59 Å². The van der Waals surface area contributed by atoms with E-state index >= 15 is 0 Å². The van der Waals surface area contributed by atoms with Gasteiger partial charge in [-0.2, -0.15) is 0 Å². The van der Waals surface area contributed by atoms with Crippen LogP contribution in [0.5, 0.6) is 0 Å². The van der Waals surface area contributed by atoms with Gasteiger partial charge >= 0.3 is 0 Å². The number of anilines is 1. The second kappa shape index (κ2) is 9.58. The fraction of sp³-hybridized carbons (Fsp3) is 0.435. The summed E-state index contributed by atoms with van der Waals surface area (Å²) in [5.41, 5.74) is 2.60. The number of aromatic nitrogens is 1. The summed E-state index contributed by atoms with van der Waals surface area (Å²) in [6, 6.07) is 11.9. The molecular formula is C23H27ClN4O2. The number of pyridine rings is 1. The highest BCUT2D eigenvalue weighted by Gasteiger charge is 2.27. The van der Waals surface area contributed by atoms with Crippen molar-refractivity contribution in [1.29, 1.82) is 0 Å². The van der Waals surface area contributed by atoms with Crippen LogP contribution in [0.25, 0.3) is 0 Å². The Morgan fingerprint density at radius 2 is 1.90 bits per heavy atom. The summed E-state index contributed by atoms with van der Waals surface area (Å²) in [5, 5.41) is 6.60. The number of nitrogens with zero attached hydrogens (tertiary/aromatic N) is 2. The Balaban J connectivity index is 1.23. The molecule has 1 fully saturated rings. The van der Waals surface area contributed by atoms with Crippen molar-refractivity contribution in [1.82, 2.24) is 15.2 Å². The van der Waals surface area contributed by atoms with Crippen LogP contribution in [0.2, 0.25) is 5.02 Å². The first-order chi connectivity index (χ1) is 14.6. The van der Waals surface area contributed by atoms with Gasteiger partial charge in [0.2, 0.25) is 11.8 Å². The van der Waals surface area contributed by atoms with E-state index in [-0.39, 0.29) is 23.8 Å². The molecule has 0 radical (unpaired) electrons. The predicted octanol–water partition coefficient (Wildman–Crippen LogP) is 3.58. The molecule has 4 rings (SSSR count). The highest BCUT2D eigenvalue weighted by molar-refractivity contribution is 6.30. The maximum absolute atomic E-state index is 12.6. The van der Waals surface area contributed by atoms with Crippen LogP contribution in [0.3, 0.4) is 0 Å². The van der Waals surface area contributed by atoms with Crippen LogP contribution in [-0.2, 0) is 16.0 Å². The summed E-state index contributed by atoms with van der Waals surface area (Å²) in [7, 11) is 0. The summed E-state index contributed by atoms with van der Waals surface area (Å²) < 4.78 is 0. The Morgan fingerprint density at radius 3 is 2.67 bits per heavy atom. The normalized spacial score (nSPS) is 19.7. The zero-order valence-electron chi connectivity index (χ0n) is 16.9. The third-order valence-corrected chi connectivity index (χ3v) is 6.23. The number of fused-ring (bicyclic) bond motifs is 1. The van der Waals surface area contributed by atoms with Crippen molar-refractivity contribution in [2.24, 2.45) is 5.92 Å². The number of carbonyl (C=O) groups is 2. The summed E-state index contributed by atoms with van der Waals surface area (Å²) >= 11 is 5.83. The van der Waals surface area contributed by atoms with E-state index in [9.17, 15) is 9.59 Å². The highest BCUT2D eigenvalue weighted by Crippen LogP contribution is 2.29. The molecule has 2 aliphatic rings. The molecule has 2 amide bonds. The lowest BCUT2D eigenvalue weighted by molar-refractivity contribution is -0.124. The van der Waals surface area contributed by atoms with Crippen molar-refractivity contribution >= 4 is 29.2 Å². The van der Waals surface area contributed by atoms with Crippen LogP contribution in [0.15, 0.2) is 42.6 Å². The number of nitrogens with one attached hydrogen (secondary N) is 2. The first-order valence-corrected chi connectivity index (χ1v) is 11.0. The van der Waals surface area contributed by atoms with E-state index in [2.05, 4.69) is 38.7 Å². The fourth-order valence-electron chi connectivity index (χ4n) is 4.38. The molecule has 2 heterocycles. The second-order valence-electron chi connectivity index (χ2n) is 8.11. The zero-order chi connectivity index (χ0) is 20.9. The van der Waals surface area contributed by atoms with Gasteiger partial charge in [0.25, 0.3) is 0 Å². The van der Waals surface area contributed by atoms with E-state index in [1.807, 2.05) is 6.07 Å². The number of rotatable bonds is 5. The summed E-state index contributed by atoms with van der Waals surface area (Å²) in [5.74, 6) is 0.490. The van der Waals surface area contributed by atoms with Crippen LogP contribution in [0, 0.1) is 5.92 Å². The molecule has 0 saturated carbocycles. The predicted molar refractivity (Wildman–Crippen MR) is 117 cm³/mol. The Hall–Kier alpha value is -2.44. The largest absolute Gasteiger partial charge is 0.348 e. The molecule has 158 valence electrons. The topological polar surface area (TPSA) is 74.3 Å². The monoisotopic (exact) mass is 426 g/mol. The van der Waals surface area contributed by atoms with Gasteiger partial charge in [0.1, 0.15) is 5.82 Å². The lowest BCUT2D eigenvalue weighted by Crippen LogP contribution is -2.44. The van der Waals surface area contributed by atoms with Gasteiger partial charge < -0.3 is 10.6 Å². The zero-order valence-corrected chi connectivity index (χ0v) is 17.7. The van der Waals surface area contributed by atoms with Gasteiger partial charge in [-0.15, -0.1) is 0 Å². The van der Waals surface area contributed by atoms with Gasteiger partial charge in [0.15, 0.2) is 0 Å². The minimum Gasteiger partial charge on any atom is -0.348 e. The summed E-state index contributed by atoms with van der Waals surface area (Å²) in [6.45, 7) is 1.85. The number of amides is 2. The van der Waals surface area contributed by atoms with Crippen molar-refractivity contribution in [2.75, 3.05) is 25.0 Å². The van der Waals surface area contributed by atoms with E-state index < -0.39 is 0 Å². The minimum absolute atomic E-state index is 0.0206. The Labute approximate surface area is 182 Å². The fourth-order valence-corrected chi connectivity index (χ4v) is 4.49. The molecule has 1 aromatic heterocycles. The average molecular weight is 427 g/mol. The quantitative estimate of drug-likeness (QED) is 0.766. The molecule has 1 aliphatic carbocycles. The molecule has 7 heteroatoms. The third-order valence-electron chi connectivity index (χ3n) is 6.01. The Morgan fingerprint density at radius 1 is 1.10 bits per heavy atom. The second-order valence-corrected chi connectivity index (χ2v) is 8.55. The minimum atomic E-state index is -0.0630. The van der Waals surface area contributed by atoms with E-state index in [0.717, 1.165) is 45.2 Å². The first-order valence-electron chi connectivity index (χ1n) is 10.6. The van der Waals surface area contributed by atoms with Crippen LogP contribution >= 0.6 is 11.6 Å². The van der Waals surface area contributed by atoms with Gasteiger partial charge in [0.05, 0.1) is 17.6 Å². The number of hydrogen-bond acceptors (Lipinski definition) is 4. The summed E-state index contributed by atoms with van der Waals surface area (Å²) in [6.07, 6.45) is 6.17. The van der Waals surface area contributed by atoms with Crippen molar-refractivity contribution in [3.05, 3.63) is 58.7 Å². The van der Waals surface area contributed by atoms with E-state index in [1.54, 1.807) is 12.1 Å². The molecule has 0 bridgehead atoms. The average Bonchev–Trinajstić information content (AvgIpc) is 2.76.